The highest BCUT2D eigenvalue weighted by molar-refractivity contribution is 5.89. The van der Waals surface area contributed by atoms with Crippen molar-refractivity contribution in [2.45, 2.75) is 20.0 Å². The minimum atomic E-state index is -0.459. The van der Waals surface area contributed by atoms with Gasteiger partial charge < -0.3 is 14.2 Å². The van der Waals surface area contributed by atoms with Gasteiger partial charge in [0.1, 0.15) is 30.1 Å². The first-order valence-corrected chi connectivity index (χ1v) is 10.2. The Labute approximate surface area is 184 Å². The van der Waals surface area contributed by atoms with Gasteiger partial charge in [0.05, 0.1) is 36.5 Å². The Balaban J connectivity index is 1.62. The molecule has 3 heterocycles. The van der Waals surface area contributed by atoms with Crippen LogP contribution in [0, 0.1) is 0 Å². The van der Waals surface area contributed by atoms with E-state index in [9.17, 15) is 4.79 Å². The number of methoxy groups -OCH3 is 1. The van der Waals surface area contributed by atoms with Gasteiger partial charge in [0.2, 0.25) is 0 Å². The minimum Gasteiger partial charge on any atom is -0.497 e. The molecule has 0 aliphatic carbocycles. The Morgan fingerprint density at radius 2 is 1.91 bits per heavy atom. The van der Waals surface area contributed by atoms with Crippen LogP contribution in [-0.4, -0.2) is 44.2 Å². The topological polar surface area (TPSA) is 93.3 Å². The first kappa shape index (κ1) is 19.8. The Morgan fingerprint density at radius 3 is 2.69 bits per heavy atom. The number of rotatable bonds is 6. The summed E-state index contributed by atoms with van der Waals surface area (Å²) in [6.07, 6.45) is 2.01. The summed E-state index contributed by atoms with van der Waals surface area (Å²) in [5.41, 5.74) is 4.04. The monoisotopic (exact) mass is 431 g/mol. The predicted octanol–water partition coefficient (Wildman–Crippen LogP) is 3.12. The molecule has 9 nitrogen and oxygen atoms in total. The molecule has 4 aromatic rings. The molecule has 0 spiro atoms. The van der Waals surface area contributed by atoms with Crippen LogP contribution < -0.4 is 9.47 Å². The summed E-state index contributed by atoms with van der Waals surface area (Å²) in [4.78, 5) is 16.9. The van der Waals surface area contributed by atoms with E-state index in [-0.39, 0.29) is 18.9 Å². The van der Waals surface area contributed by atoms with Crippen molar-refractivity contribution in [3.8, 4) is 22.9 Å². The molecule has 0 bridgehead atoms. The second-order valence-corrected chi connectivity index (χ2v) is 7.16. The molecule has 2 aromatic carbocycles. The lowest BCUT2D eigenvalue weighted by molar-refractivity contribution is 0.0519. The first-order valence-electron chi connectivity index (χ1n) is 10.2. The Morgan fingerprint density at radius 1 is 1.06 bits per heavy atom. The number of carbonyl (C=O) groups is 1. The summed E-state index contributed by atoms with van der Waals surface area (Å²) in [5, 5.41) is 8.78. The first-order chi connectivity index (χ1) is 15.7. The number of fused-ring (bicyclic) bond motifs is 5. The number of imidazole rings is 1. The Bertz CT molecular complexity index is 1280. The summed E-state index contributed by atoms with van der Waals surface area (Å²) in [6, 6.07) is 15.2. The average molecular weight is 431 g/mol. The molecule has 2 aromatic heterocycles. The molecule has 0 N–H and O–H groups in total. The number of hydrogen-bond acceptors (Lipinski definition) is 7. The van der Waals surface area contributed by atoms with Crippen molar-refractivity contribution in [2.24, 2.45) is 0 Å². The number of aromatic nitrogens is 5. The zero-order valence-electron chi connectivity index (χ0n) is 17.7. The highest BCUT2D eigenvalue weighted by Gasteiger charge is 2.29. The maximum atomic E-state index is 12.6. The number of nitrogens with zero attached hydrogens (tertiary/aromatic N) is 5. The third kappa shape index (κ3) is 3.37. The SMILES string of the molecule is CCOC(=O)c1ncn2c1Cc1c(COc3ccccc3)nnn1-c1cc(OC)ccc1-2. The maximum Gasteiger partial charge on any atom is 0.358 e. The smallest absolute Gasteiger partial charge is 0.358 e. The molecule has 5 rings (SSSR count). The van der Waals surface area contributed by atoms with Gasteiger partial charge in [-0.25, -0.2) is 14.5 Å². The molecule has 162 valence electrons. The number of carbonyl (C=O) groups excluding carboxylic acids is 1. The normalized spacial score (nSPS) is 11.7. The number of para-hydroxylation sites is 1. The number of benzene rings is 2. The molecule has 0 atom stereocenters. The van der Waals surface area contributed by atoms with Gasteiger partial charge in [0.25, 0.3) is 0 Å². The average Bonchev–Trinajstić information content (AvgIpc) is 3.39. The van der Waals surface area contributed by atoms with Crippen molar-refractivity contribution in [1.29, 1.82) is 0 Å². The van der Waals surface area contributed by atoms with Gasteiger partial charge in [-0.05, 0) is 31.2 Å². The molecule has 0 saturated carbocycles. The van der Waals surface area contributed by atoms with E-state index in [1.165, 1.54) is 0 Å². The molecule has 0 fully saturated rings. The van der Waals surface area contributed by atoms with E-state index in [0.717, 1.165) is 22.8 Å². The standard InChI is InChI=1S/C23H21N5O4/c1-3-31-23(29)22-21-12-19-17(13-32-15-7-5-4-6-8-15)25-26-28(19)20-11-16(30-2)9-10-18(20)27(21)14-24-22/h4-11,14H,3,12-13H2,1-2H3. The second kappa shape index (κ2) is 8.18. The summed E-state index contributed by atoms with van der Waals surface area (Å²) >= 11 is 0. The maximum absolute atomic E-state index is 12.6. The van der Waals surface area contributed by atoms with E-state index in [4.69, 9.17) is 14.2 Å². The lowest BCUT2D eigenvalue weighted by atomic mass is 10.1. The largest absolute Gasteiger partial charge is 0.497 e. The van der Waals surface area contributed by atoms with E-state index >= 15 is 0 Å². The Hall–Kier alpha value is -4.14. The number of hydrogen-bond donors (Lipinski definition) is 0. The molecule has 0 unspecified atom stereocenters. The van der Waals surface area contributed by atoms with Crippen molar-refractivity contribution >= 4 is 5.97 Å². The number of ether oxygens (including phenoxy) is 3. The fourth-order valence-electron chi connectivity index (χ4n) is 3.77. The molecule has 0 saturated heterocycles. The van der Waals surface area contributed by atoms with Gasteiger partial charge in [-0.2, -0.15) is 0 Å². The zero-order chi connectivity index (χ0) is 22.1. The van der Waals surface area contributed by atoms with Crippen LogP contribution in [-0.2, 0) is 17.8 Å². The molecular formula is C23H21N5O4. The second-order valence-electron chi connectivity index (χ2n) is 7.16. The van der Waals surface area contributed by atoms with Crippen LogP contribution in [0.3, 0.4) is 0 Å². The van der Waals surface area contributed by atoms with E-state index in [2.05, 4.69) is 15.3 Å². The summed E-state index contributed by atoms with van der Waals surface area (Å²) in [7, 11) is 1.61. The van der Waals surface area contributed by atoms with Crippen molar-refractivity contribution in [2.75, 3.05) is 13.7 Å². The van der Waals surface area contributed by atoms with Gasteiger partial charge in [0.15, 0.2) is 5.69 Å². The molecule has 9 heteroatoms. The lowest BCUT2D eigenvalue weighted by Crippen LogP contribution is -2.11. The van der Waals surface area contributed by atoms with Crippen molar-refractivity contribution < 1.29 is 19.0 Å². The third-order valence-corrected chi connectivity index (χ3v) is 5.30. The van der Waals surface area contributed by atoms with Crippen LogP contribution in [0.5, 0.6) is 11.5 Å². The lowest BCUT2D eigenvalue weighted by Gasteiger charge is -2.11. The molecule has 1 aliphatic rings. The third-order valence-electron chi connectivity index (χ3n) is 5.30. The molecule has 0 amide bonds. The van der Waals surface area contributed by atoms with Gasteiger partial charge >= 0.3 is 5.97 Å². The van der Waals surface area contributed by atoms with Crippen LogP contribution in [0.2, 0.25) is 0 Å². The van der Waals surface area contributed by atoms with Crippen molar-refractivity contribution in [3.63, 3.8) is 0 Å². The van der Waals surface area contributed by atoms with Crippen LogP contribution in [0.4, 0.5) is 0 Å². The number of esters is 1. The fourth-order valence-corrected chi connectivity index (χ4v) is 3.77. The minimum absolute atomic E-state index is 0.238. The summed E-state index contributed by atoms with van der Waals surface area (Å²) in [5.74, 6) is 0.961. The van der Waals surface area contributed by atoms with Crippen LogP contribution in [0.15, 0.2) is 54.9 Å². The van der Waals surface area contributed by atoms with Gasteiger partial charge in [-0.1, -0.05) is 23.4 Å². The van der Waals surface area contributed by atoms with Crippen molar-refractivity contribution in [3.05, 3.63) is 77.6 Å². The van der Waals surface area contributed by atoms with Gasteiger partial charge in [0, 0.05) is 12.5 Å². The van der Waals surface area contributed by atoms with Crippen LogP contribution in [0.25, 0.3) is 11.4 Å². The molecule has 1 aliphatic heterocycles. The quantitative estimate of drug-likeness (QED) is 0.381. The predicted molar refractivity (Wildman–Crippen MR) is 115 cm³/mol. The van der Waals surface area contributed by atoms with E-state index in [0.29, 0.717) is 23.6 Å². The molecule has 0 radical (unpaired) electrons. The van der Waals surface area contributed by atoms with Gasteiger partial charge in [-0.15, -0.1) is 5.10 Å². The molecular weight excluding hydrogens is 410 g/mol. The van der Waals surface area contributed by atoms with Crippen LogP contribution in [0.1, 0.15) is 34.5 Å². The van der Waals surface area contributed by atoms with E-state index in [1.54, 1.807) is 25.0 Å². The highest BCUT2D eigenvalue weighted by atomic mass is 16.5. The fraction of sp³-hybridized carbons (Fsp3) is 0.217. The highest BCUT2D eigenvalue weighted by Crippen LogP contribution is 2.32. The summed E-state index contributed by atoms with van der Waals surface area (Å²) < 4.78 is 20.2. The zero-order valence-corrected chi connectivity index (χ0v) is 17.7. The summed E-state index contributed by atoms with van der Waals surface area (Å²) in [6.45, 7) is 2.28. The van der Waals surface area contributed by atoms with Gasteiger partial charge in [-0.3, -0.25) is 4.57 Å². The van der Waals surface area contributed by atoms with Crippen LogP contribution >= 0.6 is 0 Å². The Kier molecular flexibility index (Phi) is 5.06. The molecule has 32 heavy (non-hydrogen) atoms. The van der Waals surface area contributed by atoms with Crippen molar-refractivity contribution in [1.82, 2.24) is 24.5 Å². The van der Waals surface area contributed by atoms with E-state index < -0.39 is 5.97 Å². The van der Waals surface area contributed by atoms with E-state index in [1.807, 2.05) is 53.1 Å².